The van der Waals surface area contributed by atoms with Crippen LogP contribution in [0.2, 0.25) is 12.1 Å². The van der Waals surface area contributed by atoms with E-state index in [4.69, 9.17) is 8.85 Å². The molecule has 0 spiro atoms. The highest BCUT2D eigenvalue weighted by atomic mass is 28.4. The Kier molecular flexibility index (Phi) is 10.7. The molecule has 132 valence electrons. The summed E-state index contributed by atoms with van der Waals surface area (Å²) in [5.41, 5.74) is 0. The first-order valence-electron chi connectivity index (χ1n) is 9.94. The molecule has 1 aliphatic rings. The van der Waals surface area contributed by atoms with Gasteiger partial charge in [0.15, 0.2) is 0 Å². The van der Waals surface area contributed by atoms with Gasteiger partial charge in [-0.05, 0) is 37.3 Å². The summed E-state index contributed by atoms with van der Waals surface area (Å²) in [4.78, 5) is 0. The lowest BCUT2D eigenvalue weighted by Crippen LogP contribution is -2.46. The topological polar surface area (TPSA) is 18.5 Å². The normalized spacial score (nSPS) is 18.0. The molecule has 0 saturated heterocycles. The molecular weight excluding hydrogens is 288 g/mol. The third-order valence-corrected chi connectivity index (χ3v) is 9.04. The Morgan fingerprint density at radius 2 is 1.45 bits per heavy atom. The molecule has 1 aliphatic carbocycles. The lowest BCUT2D eigenvalue weighted by Gasteiger charge is -2.36. The largest absolute Gasteiger partial charge is 0.398 e. The summed E-state index contributed by atoms with van der Waals surface area (Å²) in [6.07, 6.45) is 14.9. The van der Waals surface area contributed by atoms with Crippen molar-refractivity contribution < 1.29 is 8.85 Å². The van der Waals surface area contributed by atoms with E-state index >= 15 is 0 Å². The molecule has 1 saturated carbocycles. The first-order valence-corrected chi connectivity index (χ1v) is 12.2. The van der Waals surface area contributed by atoms with Crippen LogP contribution in [0.4, 0.5) is 0 Å². The highest BCUT2D eigenvalue weighted by Crippen LogP contribution is 2.35. The SMILES string of the molecule is CCCCC(O[Si](CCCC)(CCCC)OC)C1CCCC1. The van der Waals surface area contributed by atoms with E-state index in [1.807, 2.05) is 7.11 Å². The van der Waals surface area contributed by atoms with E-state index in [2.05, 4.69) is 20.8 Å². The maximum Gasteiger partial charge on any atom is 0.338 e. The number of unbranched alkanes of at least 4 members (excludes halogenated alkanes) is 3. The fourth-order valence-electron chi connectivity index (χ4n) is 3.79. The van der Waals surface area contributed by atoms with Crippen LogP contribution in [0.3, 0.4) is 0 Å². The maximum absolute atomic E-state index is 6.89. The molecule has 0 aliphatic heterocycles. The van der Waals surface area contributed by atoms with Gasteiger partial charge in [-0.25, -0.2) is 0 Å². The van der Waals surface area contributed by atoms with Crippen molar-refractivity contribution in [1.82, 2.24) is 0 Å². The summed E-state index contributed by atoms with van der Waals surface area (Å²) in [6.45, 7) is 6.85. The molecule has 0 aromatic heterocycles. The van der Waals surface area contributed by atoms with E-state index in [0.29, 0.717) is 6.10 Å². The van der Waals surface area contributed by atoms with Gasteiger partial charge in [-0.2, -0.15) is 0 Å². The Bertz CT molecular complexity index is 256. The summed E-state index contributed by atoms with van der Waals surface area (Å²) in [5, 5.41) is 0. The third-order valence-electron chi connectivity index (χ3n) is 5.33. The zero-order chi connectivity index (χ0) is 16.3. The van der Waals surface area contributed by atoms with Crippen LogP contribution in [-0.4, -0.2) is 21.8 Å². The van der Waals surface area contributed by atoms with Gasteiger partial charge in [0.05, 0.1) is 6.10 Å². The predicted octanol–water partition coefficient (Wildman–Crippen LogP) is 6.44. The quantitative estimate of drug-likeness (QED) is 0.362. The molecule has 0 heterocycles. The van der Waals surface area contributed by atoms with E-state index in [1.54, 1.807) is 0 Å². The molecule has 2 nitrogen and oxygen atoms in total. The second-order valence-corrected chi connectivity index (χ2v) is 10.6. The molecule has 1 unspecified atom stereocenters. The molecule has 1 rings (SSSR count). The van der Waals surface area contributed by atoms with Crippen molar-refractivity contribution in [3.63, 3.8) is 0 Å². The van der Waals surface area contributed by atoms with Crippen molar-refractivity contribution >= 4 is 8.56 Å². The van der Waals surface area contributed by atoms with Crippen molar-refractivity contribution in [1.29, 1.82) is 0 Å². The molecule has 0 aromatic rings. The van der Waals surface area contributed by atoms with Crippen LogP contribution < -0.4 is 0 Å². The molecular formula is C19H40O2Si. The van der Waals surface area contributed by atoms with Gasteiger partial charge in [0.1, 0.15) is 0 Å². The molecule has 1 fully saturated rings. The molecule has 1 atom stereocenters. The Hall–Kier alpha value is 0.137. The first-order chi connectivity index (χ1) is 10.7. The zero-order valence-electron chi connectivity index (χ0n) is 15.7. The van der Waals surface area contributed by atoms with Gasteiger partial charge >= 0.3 is 8.56 Å². The summed E-state index contributed by atoms with van der Waals surface area (Å²) in [6, 6.07) is 2.38. The van der Waals surface area contributed by atoms with E-state index < -0.39 is 8.56 Å². The average molecular weight is 329 g/mol. The minimum atomic E-state index is -1.99. The van der Waals surface area contributed by atoms with Crippen LogP contribution in [0.15, 0.2) is 0 Å². The Morgan fingerprint density at radius 3 is 1.91 bits per heavy atom. The highest BCUT2D eigenvalue weighted by molar-refractivity contribution is 6.67. The van der Waals surface area contributed by atoms with Crippen LogP contribution in [0.5, 0.6) is 0 Å². The van der Waals surface area contributed by atoms with Crippen LogP contribution in [-0.2, 0) is 8.85 Å². The van der Waals surface area contributed by atoms with Crippen molar-refractivity contribution in [2.45, 2.75) is 110 Å². The van der Waals surface area contributed by atoms with Gasteiger partial charge in [-0.1, -0.05) is 72.1 Å². The first kappa shape index (κ1) is 20.2. The second kappa shape index (κ2) is 11.6. The summed E-state index contributed by atoms with van der Waals surface area (Å²) in [5.74, 6) is 0.803. The van der Waals surface area contributed by atoms with Crippen molar-refractivity contribution in [3.05, 3.63) is 0 Å². The fraction of sp³-hybridized carbons (Fsp3) is 1.00. The van der Waals surface area contributed by atoms with Gasteiger partial charge < -0.3 is 8.85 Å². The Balaban J connectivity index is 2.74. The number of hydrogen-bond acceptors (Lipinski definition) is 2. The van der Waals surface area contributed by atoms with Gasteiger partial charge in [0.25, 0.3) is 0 Å². The van der Waals surface area contributed by atoms with Crippen LogP contribution >= 0.6 is 0 Å². The Morgan fingerprint density at radius 1 is 0.909 bits per heavy atom. The average Bonchev–Trinajstić information content (AvgIpc) is 3.08. The highest BCUT2D eigenvalue weighted by Gasteiger charge is 2.40. The van der Waals surface area contributed by atoms with Crippen molar-refractivity contribution in [2.75, 3.05) is 7.11 Å². The standard InChI is InChI=1S/C19H40O2Si/c1-5-8-15-19(18-13-11-12-14-18)21-22(20-4,16-9-6-2)17-10-7-3/h18-19H,5-17H2,1-4H3. The van der Waals surface area contributed by atoms with Crippen molar-refractivity contribution in [2.24, 2.45) is 5.92 Å². The van der Waals surface area contributed by atoms with Crippen LogP contribution in [0, 0.1) is 5.92 Å². The number of hydrogen-bond donors (Lipinski definition) is 0. The molecule has 0 amide bonds. The summed E-state index contributed by atoms with van der Waals surface area (Å²) in [7, 11) is -0.0723. The van der Waals surface area contributed by atoms with Gasteiger partial charge in [-0.15, -0.1) is 0 Å². The summed E-state index contributed by atoms with van der Waals surface area (Å²) >= 11 is 0. The summed E-state index contributed by atoms with van der Waals surface area (Å²) < 4.78 is 13.0. The minimum Gasteiger partial charge on any atom is -0.398 e. The lowest BCUT2D eigenvalue weighted by molar-refractivity contribution is 0.0735. The number of rotatable bonds is 13. The molecule has 22 heavy (non-hydrogen) atoms. The molecule has 0 radical (unpaired) electrons. The van der Waals surface area contributed by atoms with E-state index in [-0.39, 0.29) is 0 Å². The lowest BCUT2D eigenvalue weighted by atomic mass is 9.96. The smallest absolute Gasteiger partial charge is 0.338 e. The van der Waals surface area contributed by atoms with Crippen molar-refractivity contribution in [3.8, 4) is 0 Å². The third kappa shape index (κ3) is 6.72. The van der Waals surface area contributed by atoms with Gasteiger partial charge in [0, 0.05) is 7.11 Å². The fourth-order valence-corrected chi connectivity index (χ4v) is 7.43. The van der Waals surface area contributed by atoms with Gasteiger partial charge in [-0.3, -0.25) is 0 Å². The zero-order valence-corrected chi connectivity index (χ0v) is 16.7. The van der Waals surface area contributed by atoms with E-state index in [1.165, 1.54) is 82.7 Å². The Labute approximate surface area is 140 Å². The monoisotopic (exact) mass is 328 g/mol. The molecule has 0 bridgehead atoms. The molecule has 0 aromatic carbocycles. The van der Waals surface area contributed by atoms with Crippen LogP contribution in [0.25, 0.3) is 0 Å². The maximum atomic E-state index is 6.89. The molecule has 0 N–H and O–H groups in total. The van der Waals surface area contributed by atoms with Gasteiger partial charge in [0.2, 0.25) is 0 Å². The predicted molar refractivity (Wildman–Crippen MR) is 98.5 cm³/mol. The minimum absolute atomic E-state index is 0.475. The van der Waals surface area contributed by atoms with Crippen LogP contribution in [0.1, 0.15) is 91.4 Å². The molecule has 3 heteroatoms. The van der Waals surface area contributed by atoms with E-state index in [0.717, 1.165) is 5.92 Å². The second-order valence-electron chi connectivity index (χ2n) is 7.16. The van der Waals surface area contributed by atoms with E-state index in [9.17, 15) is 0 Å².